The molecule has 0 fully saturated rings. The number of allylic oxidation sites excluding steroid dienone is 1. The number of methoxy groups -OCH3 is 3. The van der Waals surface area contributed by atoms with E-state index in [9.17, 15) is 34.2 Å². The number of primary amides is 1. The molecule has 14 heteroatoms. The Morgan fingerprint density at radius 3 is 2.23 bits per heavy atom. The van der Waals surface area contributed by atoms with Gasteiger partial charge in [-0.05, 0) is 86.2 Å². The van der Waals surface area contributed by atoms with E-state index in [-0.39, 0.29) is 45.3 Å². The van der Waals surface area contributed by atoms with Crippen LogP contribution in [0.3, 0.4) is 0 Å². The fraction of sp³-hybridized carbons (Fsp3) is 0.359. The number of carbonyl (C=O) groups excluding carboxylic acids is 5. The van der Waals surface area contributed by atoms with E-state index in [0.29, 0.717) is 49.8 Å². The molecule has 3 aromatic carbocycles. The maximum Gasteiger partial charge on any atom is 0.342 e. The monoisotopic (exact) mass is 731 g/mol. The first kappa shape index (κ1) is 39.7. The minimum Gasteiger partial charge on any atom is -0.507 e. The number of anilines is 1. The zero-order chi connectivity index (χ0) is 38.7. The second-order valence-corrected chi connectivity index (χ2v) is 12.5. The van der Waals surface area contributed by atoms with E-state index < -0.39 is 60.2 Å². The first-order valence-corrected chi connectivity index (χ1v) is 17.1. The molecule has 0 spiro atoms. The number of Topliss-reactive ketones (excluding diaryl/α,β-unsaturated/α-hetero) is 1. The number of cyclic esters (lactones) is 1. The van der Waals surface area contributed by atoms with Crippen molar-refractivity contribution in [2.75, 3.05) is 33.2 Å². The number of hydrogen-bond donors (Lipinski definition) is 5. The first-order valence-electron chi connectivity index (χ1n) is 17.1. The van der Waals surface area contributed by atoms with Crippen molar-refractivity contribution in [2.45, 2.75) is 63.9 Å². The summed E-state index contributed by atoms with van der Waals surface area (Å²) in [4.78, 5) is 63.6. The van der Waals surface area contributed by atoms with Crippen LogP contribution in [0.25, 0.3) is 6.08 Å². The van der Waals surface area contributed by atoms with Gasteiger partial charge in [-0.25, -0.2) is 4.79 Å². The summed E-state index contributed by atoms with van der Waals surface area (Å²) in [6.45, 7) is 1.25. The maximum atomic E-state index is 13.7. The number of ether oxygens (including phenoxy) is 4. The van der Waals surface area contributed by atoms with Crippen molar-refractivity contribution in [3.05, 3.63) is 76.4 Å². The van der Waals surface area contributed by atoms with Crippen molar-refractivity contribution >= 4 is 41.2 Å². The Kier molecular flexibility index (Phi) is 13.8. The standard InChI is InChI=1S/C39H45N3O11/c1-22-9-8-12-27(43)11-7-5-6-10-24-17-29(44)35(36(47)34(24)39(49)53-22)28(25-18-30(50-2)37(52-4)31(19-25)51-3)20-32(45)41-21-33(46)42-26-15-13-23(14-16-26)38(40)48/h6,10,13-19,22,28,44,47H,5,7-9,11-12,20-21H2,1-4H3,(H2,40,48)(H,41,45)(H,42,46)/b10-6+/t22-,28?/m0/s1. The number of ketones is 1. The Morgan fingerprint density at radius 2 is 1.60 bits per heavy atom. The second-order valence-electron chi connectivity index (χ2n) is 12.5. The lowest BCUT2D eigenvalue weighted by Gasteiger charge is -2.24. The van der Waals surface area contributed by atoms with Gasteiger partial charge in [-0.15, -0.1) is 0 Å². The van der Waals surface area contributed by atoms with Crippen molar-refractivity contribution in [2.24, 2.45) is 5.73 Å². The van der Waals surface area contributed by atoms with E-state index in [0.717, 1.165) is 0 Å². The molecule has 0 aliphatic carbocycles. The normalized spacial score (nSPS) is 16.2. The average molecular weight is 732 g/mol. The van der Waals surface area contributed by atoms with E-state index in [1.54, 1.807) is 31.2 Å². The van der Waals surface area contributed by atoms with Crippen LogP contribution in [0, 0.1) is 0 Å². The van der Waals surface area contributed by atoms with Crippen LogP contribution in [0.15, 0.2) is 48.5 Å². The third-order valence-electron chi connectivity index (χ3n) is 8.78. The van der Waals surface area contributed by atoms with Crippen LogP contribution >= 0.6 is 0 Å². The number of rotatable bonds is 11. The molecule has 0 aromatic heterocycles. The number of nitrogens with two attached hydrogens (primary N) is 1. The summed E-state index contributed by atoms with van der Waals surface area (Å²) in [6.07, 6.45) is 5.15. The molecule has 3 aromatic rings. The predicted octanol–water partition coefficient (Wildman–Crippen LogP) is 4.98. The van der Waals surface area contributed by atoms with Crippen LogP contribution in [0.2, 0.25) is 0 Å². The van der Waals surface area contributed by atoms with Crippen LogP contribution in [-0.2, 0) is 19.1 Å². The highest BCUT2D eigenvalue weighted by Gasteiger charge is 2.32. The summed E-state index contributed by atoms with van der Waals surface area (Å²) >= 11 is 0. The summed E-state index contributed by atoms with van der Waals surface area (Å²) in [5.74, 6) is -4.02. The van der Waals surface area contributed by atoms with Gasteiger partial charge < -0.3 is 45.5 Å². The highest BCUT2D eigenvalue weighted by molar-refractivity contribution is 5.99. The lowest BCUT2D eigenvalue weighted by atomic mass is 9.84. The predicted molar refractivity (Wildman–Crippen MR) is 196 cm³/mol. The molecule has 1 heterocycles. The van der Waals surface area contributed by atoms with Gasteiger partial charge in [0.1, 0.15) is 22.8 Å². The molecule has 53 heavy (non-hydrogen) atoms. The molecule has 0 saturated heterocycles. The van der Waals surface area contributed by atoms with Gasteiger partial charge in [0.25, 0.3) is 0 Å². The molecule has 14 nitrogen and oxygen atoms in total. The number of benzene rings is 3. The highest BCUT2D eigenvalue weighted by atomic mass is 16.5. The van der Waals surface area contributed by atoms with Crippen molar-refractivity contribution in [1.29, 1.82) is 0 Å². The number of phenolic OH excluding ortho intramolecular Hbond substituents is 2. The van der Waals surface area contributed by atoms with Gasteiger partial charge in [-0.1, -0.05) is 12.2 Å². The fourth-order valence-corrected chi connectivity index (χ4v) is 6.07. The highest BCUT2D eigenvalue weighted by Crippen LogP contribution is 2.47. The van der Waals surface area contributed by atoms with Crippen LogP contribution in [0.4, 0.5) is 5.69 Å². The Balaban J connectivity index is 1.74. The van der Waals surface area contributed by atoms with E-state index >= 15 is 0 Å². The zero-order valence-corrected chi connectivity index (χ0v) is 30.2. The van der Waals surface area contributed by atoms with Gasteiger partial charge in [-0.3, -0.25) is 19.2 Å². The fourth-order valence-electron chi connectivity index (χ4n) is 6.07. The Labute approximate surface area is 307 Å². The van der Waals surface area contributed by atoms with Crippen molar-refractivity contribution in [3.8, 4) is 28.7 Å². The molecule has 1 aliphatic rings. The summed E-state index contributed by atoms with van der Waals surface area (Å²) in [7, 11) is 4.23. The quantitative estimate of drug-likeness (QED) is 0.166. The van der Waals surface area contributed by atoms with E-state index in [4.69, 9.17) is 24.7 Å². The van der Waals surface area contributed by atoms with Gasteiger partial charge in [-0.2, -0.15) is 0 Å². The van der Waals surface area contributed by atoms with Crippen LogP contribution in [-0.4, -0.2) is 73.7 Å². The molecule has 0 bridgehead atoms. The number of hydrogen-bond acceptors (Lipinski definition) is 11. The van der Waals surface area contributed by atoms with Gasteiger partial charge in [0, 0.05) is 42.0 Å². The summed E-state index contributed by atoms with van der Waals surface area (Å²) in [5.41, 5.74) is 6.04. The van der Waals surface area contributed by atoms with Crippen LogP contribution in [0.5, 0.6) is 28.7 Å². The number of fused-ring (bicyclic) bond motifs is 1. The SMILES string of the molecule is COc1cc(C(CC(=O)NCC(=O)Nc2ccc(C(N)=O)cc2)c2c(O)cc3c(c2O)C(=O)O[C@@H](C)CCCC(=O)CCC/C=C/3)cc(OC)c1OC. The molecule has 4 rings (SSSR count). The van der Waals surface area contributed by atoms with E-state index in [1.807, 2.05) is 0 Å². The Morgan fingerprint density at radius 1 is 0.943 bits per heavy atom. The van der Waals surface area contributed by atoms with E-state index in [1.165, 1.54) is 51.7 Å². The topological polar surface area (TPSA) is 213 Å². The number of aromatic hydroxyl groups is 2. The molecule has 0 radical (unpaired) electrons. The number of nitrogens with one attached hydrogen (secondary N) is 2. The molecule has 0 saturated carbocycles. The summed E-state index contributed by atoms with van der Waals surface area (Å²) < 4.78 is 22.2. The number of amides is 3. The molecular formula is C39H45N3O11. The van der Waals surface area contributed by atoms with Gasteiger partial charge in [0.05, 0.1) is 34.0 Å². The Hall–Kier alpha value is -6.05. The lowest BCUT2D eigenvalue weighted by Crippen LogP contribution is -2.33. The van der Waals surface area contributed by atoms with Gasteiger partial charge in [0.15, 0.2) is 11.5 Å². The molecule has 6 N–H and O–H groups in total. The molecule has 1 aliphatic heterocycles. The zero-order valence-electron chi connectivity index (χ0n) is 30.2. The van der Waals surface area contributed by atoms with Crippen LogP contribution < -0.4 is 30.6 Å². The van der Waals surface area contributed by atoms with E-state index in [2.05, 4.69) is 10.6 Å². The van der Waals surface area contributed by atoms with Crippen LogP contribution in [0.1, 0.15) is 95.2 Å². The third-order valence-corrected chi connectivity index (χ3v) is 8.78. The number of carbonyl (C=O) groups is 5. The molecule has 282 valence electrons. The molecular weight excluding hydrogens is 686 g/mol. The first-order chi connectivity index (χ1) is 25.4. The van der Waals surface area contributed by atoms with Gasteiger partial charge in [0.2, 0.25) is 23.5 Å². The molecule has 2 atom stereocenters. The largest absolute Gasteiger partial charge is 0.507 e. The Bertz CT molecular complexity index is 1850. The van der Waals surface area contributed by atoms with Crippen molar-refractivity contribution < 1.29 is 53.1 Å². The minimum absolute atomic E-state index is 0.133. The summed E-state index contributed by atoms with van der Waals surface area (Å²) in [6, 6.07) is 10.3. The van der Waals surface area contributed by atoms with Gasteiger partial charge >= 0.3 is 5.97 Å². The lowest BCUT2D eigenvalue weighted by molar-refractivity contribution is -0.124. The minimum atomic E-state index is -1.13. The van der Waals surface area contributed by atoms with Crippen molar-refractivity contribution in [1.82, 2.24) is 5.32 Å². The van der Waals surface area contributed by atoms with Crippen molar-refractivity contribution in [3.63, 3.8) is 0 Å². The average Bonchev–Trinajstić information content (AvgIpc) is 3.12. The maximum absolute atomic E-state index is 13.7. The third kappa shape index (κ3) is 10.3. The number of esters is 1. The number of phenols is 2. The molecule has 1 unspecified atom stereocenters. The summed E-state index contributed by atoms with van der Waals surface area (Å²) in [5, 5.41) is 28.6. The second kappa shape index (κ2) is 18.4. The molecule has 3 amide bonds. The smallest absolute Gasteiger partial charge is 0.342 e.